The van der Waals surface area contributed by atoms with Gasteiger partial charge in [-0.2, -0.15) is 5.10 Å². The number of benzene rings is 1. The molecule has 0 fully saturated rings. The Morgan fingerprint density at radius 1 is 0.958 bits per heavy atom. The van der Waals surface area contributed by atoms with Crippen molar-refractivity contribution in [3.05, 3.63) is 41.6 Å². The van der Waals surface area contributed by atoms with Gasteiger partial charge in [0.1, 0.15) is 5.82 Å². The van der Waals surface area contributed by atoms with E-state index in [1.54, 1.807) is 29.9 Å². The molecule has 1 aromatic carbocycles. The molecule has 0 atom stereocenters. The Labute approximate surface area is 145 Å². The highest BCUT2D eigenvalue weighted by atomic mass is 32.2. The van der Waals surface area contributed by atoms with Gasteiger partial charge in [-0.25, -0.2) is 8.42 Å². The second kappa shape index (κ2) is 5.92. The molecule has 0 bridgehead atoms. The Morgan fingerprint density at radius 2 is 1.50 bits per heavy atom. The zero-order chi connectivity index (χ0) is 18.3. The summed E-state index contributed by atoms with van der Waals surface area (Å²) < 4.78 is 29.4. The molecule has 2 aromatic rings. The van der Waals surface area contributed by atoms with Crippen molar-refractivity contribution in [2.24, 2.45) is 7.05 Å². The summed E-state index contributed by atoms with van der Waals surface area (Å²) in [6.07, 6.45) is 0. The van der Waals surface area contributed by atoms with Gasteiger partial charge in [0.2, 0.25) is 0 Å². The topological polar surface area (TPSA) is 64.0 Å². The highest BCUT2D eigenvalue weighted by Gasteiger charge is 2.22. The summed E-state index contributed by atoms with van der Waals surface area (Å²) in [5, 5.41) is 4.40. The predicted molar refractivity (Wildman–Crippen MR) is 97.9 cm³/mol. The Balaban J connectivity index is 2.31. The summed E-state index contributed by atoms with van der Waals surface area (Å²) >= 11 is 0. The monoisotopic (exact) mass is 349 g/mol. The average Bonchev–Trinajstić information content (AvgIpc) is 2.79. The summed E-state index contributed by atoms with van der Waals surface area (Å²) in [6, 6.07) is 8.78. The second-order valence-corrected chi connectivity index (χ2v) is 9.85. The van der Waals surface area contributed by atoms with Gasteiger partial charge >= 0.3 is 0 Å². The lowest BCUT2D eigenvalue weighted by molar-refractivity contribution is 0.553. The third-order valence-electron chi connectivity index (χ3n) is 3.92. The first-order chi connectivity index (χ1) is 10.8. The molecule has 0 saturated heterocycles. The molecule has 24 heavy (non-hydrogen) atoms. The van der Waals surface area contributed by atoms with E-state index in [1.807, 2.05) is 32.9 Å². The van der Waals surface area contributed by atoms with Gasteiger partial charge in [-0.05, 0) is 23.1 Å². The van der Waals surface area contributed by atoms with Gasteiger partial charge in [-0.3, -0.25) is 9.40 Å². The zero-order valence-corrected chi connectivity index (χ0v) is 16.3. The number of sulfonamides is 1. The first kappa shape index (κ1) is 18.5. The lowest BCUT2D eigenvalue weighted by Gasteiger charge is -2.19. The maximum atomic E-state index is 12.6. The van der Waals surface area contributed by atoms with Gasteiger partial charge in [-0.1, -0.05) is 53.7 Å². The van der Waals surface area contributed by atoms with Crippen LogP contribution in [0.25, 0.3) is 0 Å². The van der Waals surface area contributed by atoms with Crippen LogP contribution in [0.1, 0.15) is 52.8 Å². The molecule has 1 N–H and O–H groups in total. The van der Waals surface area contributed by atoms with E-state index in [9.17, 15) is 8.42 Å². The fourth-order valence-electron chi connectivity index (χ4n) is 2.26. The lowest BCUT2D eigenvalue weighted by Crippen LogP contribution is -2.16. The second-order valence-electron chi connectivity index (χ2n) is 8.17. The molecule has 132 valence electrons. The molecule has 0 saturated carbocycles. The molecule has 1 aromatic heterocycles. The fraction of sp³-hybridized carbons (Fsp3) is 0.500. The number of aromatic nitrogens is 2. The van der Waals surface area contributed by atoms with Gasteiger partial charge in [0.15, 0.2) is 0 Å². The summed E-state index contributed by atoms with van der Waals surface area (Å²) in [7, 11) is -1.91. The van der Waals surface area contributed by atoms with Crippen LogP contribution in [0.5, 0.6) is 0 Å². The number of nitrogens with one attached hydrogen (secondary N) is 1. The standard InChI is InChI=1S/C18H27N3O2S/c1-17(2,3)13-8-10-14(11-9-13)24(22,23)20-16-12-15(18(4,5)6)19-21(16)7/h8-12,20H,1-7H3. The van der Waals surface area contributed by atoms with E-state index in [1.165, 1.54) is 0 Å². The highest BCUT2D eigenvalue weighted by molar-refractivity contribution is 7.92. The van der Waals surface area contributed by atoms with Crippen LogP contribution in [0.4, 0.5) is 5.82 Å². The normalized spacial score (nSPS) is 13.1. The van der Waals surface area contributed by atoms with Crippen LogP contribution in [0.3, 0.4) is 0 Å². The van der Waals surface area contributed by atoms with Crippen molar-refractivity contribution in [1.82, 2.24) is 9.78 Å². The summed E-state index contributed by atoms with van der Waals surface area (Å²) in [6.45, 7) is 12.4. The fourth-order valence-corrected chi connectivity index (χ4v) is 3.34. The van der Waals surface area contributed by atoms with Crippen molar-refractivity contribution < 1.29 is 8.42 Å². The number of nitrogens with zero attached hydrogens (tertiary/aromatic N) is 2. The smallest absolute Gasteiger partial charge is 0.263 e. The van der Waals surface area contributed by atoms with Crippen LogP contribution in [0, 0.1) is 0 Å². The zero-order valence-electron chi connectivity index (χ0n) is 15.5. The van der Waals surface area contributed by atoms with Crippen molar-refractivity contribution in [2.75, 3.05) is 4.72 Å². The minimum absolute atomic E-state index is 0.0145. The predicted octanol–water partition coefficient (Wildman–Crippen LogP) is 3.82. The third-order valence-corrected chi connectivity index (χ3v) is 5.29. The maximum absolute atomic E-state index is 12.6. The van der Waals surface area contributed by atoms with Crippen molar-refractivity contribution in [2.45, 2.75) is 57.3 Å². The Morgan fingerprint density at radius 3 is 1.92 bits per heavy atom. The largest absolute Gasteiger partial charge is 0.264 e. The van der Waals surface area contributed by atoms with E-state index in [4.69, 9.17) is 0 Å². The molecule has 6 heteroatoms. The molecule has 1 heterocycles. The molecule has 2 rings (SSSR count). The van der Waals surface area contributed by atoms with E-state index in [2.05, 4.69) is 30.6 Å². The van der Waals surface area contributed by atoms with Crippen molar-refractivity contribution in [3.63, 3.8) is 0 Å². The Bertz CT molecular complexity index is 821. The molecular weight excluding hydrogens is 322 g/mol. The first-order valence-corrected chi connectivity index (χ1v) is 9.47. The van der Waals surface area contributed by atoms with Gasteiger partial charge in [0.05, 0.1) is 10.6 Å². The number of hydrogen-bond donors (Lipinski definition) is 1. The van der Waals surface area contributed by atoms with E-state index < -0.39 is 10.0 Å². The molecule has 0 spiro atoms. The highest BCUT2D eigenvalue weighted by Crippen LogP contribution is 2.26. The van der Waals surface area contributed by atoms with Gasteiger partial charge in [0, 0.05) is 18.5 Å². The quantitative estimate of drug-likeness (QED) is 0.916. The average molecular weight is 350 g/mol. The van der Waals surface area contributed by atoms with E-state index in [-0.39, 0.29) is 15.7 Å². The van der Waals surface area contributed by atoms with Crippen LogP contribution < -0.4 is 4.72 Å². The van der Waals surface area contributed by atoms with E-state index in [0.717, 1.165) is 11.3 Å². The molecule has 0 aliphatic heterocycles. The molecule has 0 radical (unpaired) electrons. The molecule has 5 nitrogen and oxygen atoms in total. The minimum atomic E-state index is -3.64. The third kappa shape index (κ3) is 3.98. The number of anilines is 1. The van der Waals surface area contributed by atoms with Crippen LogP contribution in [0.15, 0.2) is 35.2 Å². The van der Waals surface area contributed by atoms with Gasteiger partial charge in [0.25, 0.3) is 10.0 Å². The van der Waals surface area contributed by atoms with Crippen LogP contribution in [-0.2, 0) is 27.9 Å². The number of hydrogen-bond acceptors (Lipinski definition) is 3. The van der Waals surface area contributed by atoms with Gasteiger partial charge in [-0.15, -0.1) is 0 Å². The minimum Gasteiger partial charge on any atom is -0.264 e. The first-order valence-electron chi connectivity index (χ1n) is 7.98. The molecule has 0 aliphatic rings. The number of rotatable bonds is 3. The van der Waals surface area contributed by atoms with E-state index >= 15 is 0 Å². The van der Waals surface area contributed by atoms with Crippen LogP contribution in [-0.4, -0.2) is 18.2 Å². The molecule has 0 aliphatic carbocycles. The van der Waals surface area contributed by atoms with Crippen molar-refractivity contribution in [3.8, 4) is 0 Å². The van der Waals surface area contributed by atoms with Crippen LogP contribution in [0.2, 0.25) is 0 Å². The number of aryl methyl sites for hydroxylation is 1. The summed E-state index contributed by atoms with van der Waals surface area (Å²) in [5.74, 6) is 0.458. The van der Waals surface area contributed by atoms with E-state index in [0.29, 0.717) is 5.82 Å². The summed E-state index contributed by atoms with van der Waals surface area (Å²) in [5.41, 5.74) is 1.78. The van der Waals surface area contributed by atoms with Crippen LogP contribution >= 0.6 is 0 Å². The maximum Gasteiger partial charge on any atom is 0.263 e. The summed E-state index contributed by atoms with van der Waals surface area (Å²) in [4.78, 5) is 0.244. The van der Waals surface area contributed by atoms with Crippen molar-refractivity contribution in [1.29, 1.82) is 0 Å². The van der Waals surface area contributed by atoms with Gasteiger partial charge < -0.3 is 0 Å². The Kier molecular flexibility index (Phi) is 4.57. The molecular formula is C18H27N3O2S. The molecule has 0 unspecified atom stereocenters. The Hall–Kier alpha value is -1.82. The SMILES string of the molecule is Cn1nc(C(C)(C)C)cc1NS(=O)(=O)c1ccc(C(C)(C)C)cc1. The molecule has 0 amide bonds. The lowest BCUT2D eigenvalue weighted by atomic mass is 9.87. The van der Waals surface area contributed by atoms with Crippen molar-refractivity contribution >= 4 is 15.8 Å².